The Kier molecular flexibility index (Phi) is 3.66. The number of benzene rings is 1. The SMILES string of the molecule is CN1C[C@@H](C(=O)Nc2cc(-n3cccc3)ccc2F)CC1=O. The van der Waals surface area contributed by atoms with Crippen molar-refractivity contribution in [3.05, 3.63) is 48.5 Å². The van der Waals surface area contributed by atoms with Crippen LogP contribution in [0.2, 0.25) is 0 Å². The number of nitrogens with zero attached hydrogens (tertiary/aromatic N) is 2. The molecule has 1 aromatic carbocycles. The molecule has 0 unspecified atom stereocenters. The van der Waals surface area contributed by atoms with Crippen molar-refractivity contribution in [2.75, 3.05) is 18.9 Å². The maximum Gasteiger partial charge on any atom is 0.229 e. The zero-order valence-corrected chi connectivity index (χ0v) is 12.1. The monoisotopic (exact) mass is 301 g/mol. The van der Waals surface area contributed by atoms with Crippen LogP contribution in [0.3, 0.4) is 0 Å². The van der Waals surface area contributed by atoms with E-state index in [0.29, 0.717) is 6.54 Å². The van der Waals surface area contributed by atoms with Crippen molar-refractivity contribution in [1.82, 2.24) is 9.47 Å². The Hall–Kier alpha value is -2.63. The van der Waals surface area contributed by atoms with Crippen LogP contribution in [0.1, 0.15) is 6.42 Å². The predicted octanol–water partition coefficient (Wildman–Crippen LogP) is 2.03. The number of halogens is 1. The summed E-state index contributed by atoms with van der Waals surface area (Å²) in [5, 5.41) is 2.59. The summed E-state index contributed by atoms with van der Waals surface area (Å²) in [6, 6.07) is 8.26. The molecule has 22 heavy (non-hydrogen) atoms. The molecule has 1 aliphatic heterocycles. The van der Waals surface area contributed by atoms with Gasteiger partial charge < -0.3 is 14.8 Å². The highest BCUT2D eigenvalue weighted by molar-refractivity contribution is 5.97. The molecule has 2 amide bonds. The molecule has 1 N–H and O–H groups in total. The maximum atomic E-state index is 13.9. The van der Waals surface area contributed by atoms with E-state index >= 15 is 0 Å². The molecule has 0 spiro atoms. The molecule has 1 saturated heterocycles. The van der Waals surface area contributed by atoms with E-state index in [0.717, 1.165) is 5.69 Å². The van der Waals surface area contributed by atoms with Gasteiger partial charge in [0.1, 0.15) is 5.82 Å². The van der Waals surface area contributed by atoms with E-state index in [-0.39, 0.29) is 23.9 Å². The molecule has 0 aliphatic carbocycles. The van der Waals surface area contributed by atoms with E-state index in [1.165, 1.54) is 11.0 Å². The van der Waals surface area contributed by atoms with Gasteiger partial charge >= 0.3 is 0 Å². The summed E-state index contributed by atoms with van der Waals surface area (Å²) >= 11 is 0. The highest BCUT2D eigenvalue weighted by Gasteiger charge is 2.32. The van der Waals surface area contributed by atoms with Crippen LogP contribution in [0.4, 0.5) is 10.1 Å². The number of anilines is 1. The summed E-state index contributed by atoms with van der Waals surface area (Å²) in [5.41, 5.74) is 0.875. The van der Waals surface area contributed by atoms with Gasteiger partial charge in [0.25, 0.3) is 0 Å². The largest absolute Gasteiger partial charge is 0.345 e. The number of likely N-dealkylation sites (tertiary alicyclic amines) is 1. The minimum Gasteiger partial charge on any atom is -0.345 e. The summed E-state index contributed by atoms with van der Waals surface area (Å²) < 4.78 is 15.7. The summed E-state index contributed by atoms with van der Waals surface area (Å²) in [7, 11) is 1.66. The fraction of sp³-hybridized carbons (Fsp3) is 0.250. The molecular weight excluding hydrogens is 285 g/mol. The number of amides is 2. The standard InChI is InChI=1S/C16H16FN3O2/c1-19-10-11(8-15(19)21)16(22)18-14-9-12(4-5-13(14)17)20-6-2-3-7-20/h2-7,9,11H,8,10H2,1H3,(H,18,22)/t11-/m0/s1. The third-order valence-electron chi connectivity index (χ3n) is 3.82. The van der Waals surface area contributed by atoms with Crippen LogP contribution in [-0.2, 0) is 9.59 Å². The van der Waals surface area contributed by atoms with Crippen molar-refractivity contribution in [2.45, 2.75) is 6.42 Å². The molecule has 6 heteroatoms. The smallest absolute Gasteiger partial charge is 0.229 e. The third-order valence-corrected chi connectivity index (χ3v) is 3.82. The average Bonchev–Trinajstić information content (AvgIpc) is 3.12. The Bertz CT molecular complexity index is 712. The van der Waals surface area contributed by atoms with Crippen molar-refractivity contribution >= 4 is 17.5 Å². The molecule has 2 aromatic rings. The highest BCUT2D eigenvalue weighted by Crippen LogP contribution is 2.22. The van der Waals surface area contributed by atoms with Crippen LogP contribution in [0.5, 0.6) is 0 Å². The van der Waals surface area contributed by atoms with Gasteiger partial charge in [-0.05, 0) is 30.3 Å². The summed E-state index contributed by atoms with van der Waals surface area (Å²) in [6.45, 7) is 0.365. The van der Waals surface area contributed by atoms with Crippen LogP contribution in [0.25, 0.3) is 5.69 Å². The molecule has 2 heterocycles. The van der Waals surface area contributed by atoms with E-state index in [4.69, 9.17) is 0 Å². The van der Waals surface area contributed by atoms with Crippen LogP contribution in [0.15, 0.2) is 42.7 Å². The van der Waals surface area contributed by atoms with Gasteiger partial charge in [0.05, 0.1) is 11.6 Å². The van der Waals surface area contributed by atoms with Crippen LogP contribution in [0, 0.1) is 11.7 Å². The first-order valence-electron chi connectivity index (χ1n) is 7.02. The zero-order valence-electron chi connectivity index (χ0n) is 12.1. The quantitative estimate of drug-likeness (QED) is 0.943. The Morgan fingerprint density at radius 2 is 2.05 bits per heavy atom. The first kappa shape index (κ1) is 14.3. The van der Waals surface area contributed by atoms with Crippen LogP contribution >= 0.6 is 0 Å². The number of nitrogens with one attached hydrogen (secondary N) is 1. The van der Waals surface area contributed by atoms with Crippen LogP contribution < -0.4 is 5.32 Å². The van der Waals surface area contributed by atoms with E-state index in [1.807, 2.05) is 29.1 Å². The average molecular weight is 301 g/mol. The third kappa shape index (κ3) is 2.72. The molecule has 114 valence electrons. The molecular formula is C16H16FN3O2. The van der Waals surface area contributed by atoms with Crippen molar-refractivity contribution in [3.8, 4) is 5.69 Å². The highest BCUT2D eigenvalue weighted by atomic mass is 19.1. The second-order valence-corrected chi connectivity index (χ2v) is 5.42. The minimum atomic E-state index is -0.498. The number of hydrogen-bond acceptors (Lipinski definition) is 2. The number of carbonyl (C=O) groups excluding carboxylic acids is 2. The molecule has 0 radical (unpaired) electrons. The van der Waals surface area contributed by atoms with Crippen molar-refractivity contribution < 1.29 is 14.0 Å². The minimum absolute atomic E-state index is 0.0679. The molecule has 1 aliphatic rings. The number of hydrogen-bond donors (Lipinski definition) is 1. The van der Waals surface area contributed by atoms with Gasteiger partial charge in [-0.3, -0.25) is 9.59 Å². The zero-order chi connectivity index (χ0) is 15.7. The van der Waals surface area contributed by atoms with Gasteiger partial charge in [0, 0.05) is 38.1 Å². The number of carbonyl (C=O) groups is 2. The topological polar surface area (TPSA) is 54.3 Å². The van der Waals surface area contributed by atoms with Gasteiger partial charge in [0.2, 0.25) is 11.8 Å². The Balaban J connectivity index is 1.79. The maximum absolute atomic E-state index is 13.9. The van der Waals surface area contributed by atoms with Gasteiger partial charge in [-0.15, -0.1) is 0 Å². The lowest BCUT2D eigenvalue weighted by Crippen LogP contribution is -2.26. The second-order valence-electron chi connectivity index (χ2n) is 5.42. The molecule has 1 aromatic heterocycles. The lowest BCUT2D eigenvalue weighted by Gasteiger charge is -2.13. The summed E-state index contributed by atoms with van der Waals surface area (Å²) in [4.78, 5) is 25.2. The first-order valence-corrected chi connectivity index (χ1v) is 7.02. The fourth-order valence-electron chi connectivity index (χ4n) is 2.55. The van der Waals surface area contributed by atoms with E-state index in [1.54, 1.807) is 19.2 Å². The second kappa shape index (κ2) is 5.63. The summed E-state index contributed by atoms with van der Waals surface area (Å²) in [6.07, 6.45) is 3.84. The molecule has 0 saturated carbocycles. The molecule has 3 rings (SSSR count). The normalized spacial score (nSPS) is 17.8. The molecule has 1 atom stereocenters. The summed E-state index contributed by atoms with van der Waals surface area (Å²) in [5.74, 6) is -1.34. The lowest BCUT2D eigenvalue weighted by molar-refractivity contribution is -0.127. The predicted molar refractivity (Wildman–Crippen MR) is 80.1 cm³/mol. The Labute approximate surface area is 127 Å². The van der Waals surface area contributed by atoms with Gasteiger partial charge in [-0.25, -0.2) is 4.39 Å². The van der Waals surface area contributed by atoms with Gasteiger partial charge in [0.15, 0.2) is 0 Å². The first-order chi connectivity index (χ1) is 10.5. The fourth-order valence-corrected chi connectivity index (χ4v) is 2.55. The van der Waals surface area contributed by atoms with Crippen molar-refractivity contribution in [1.29, 1.82) is 0 Å². The molecule has 0 bridgehead atoms. The molecule has 5 nitrogen and oxygen atoms in total. The lowest BCUT2D eigenvalue weighted by atomic mass is 10.1. The van der Waals surface area contributed by atoms with E-state index in [2.05, 4.69) is 5.32 Å². The van der Waals surface area contributed by atoms with Gasteiger partial charge in [-0.1, -0.05) is 0 Å². The number of rotatable bonds is 3. The van der Waals surface area contributed by atoms with E-state index in [9.17, 15) is 14.0 Å². The Morgan fingerprint density at radius 3 is 2.68 bits per heavy atom. The van der Waals surface area contributed by atoms with Gasteiger partial charge in [-0.2, -0.15) is 0 Å². The van der Waals surface area contributed by atoms with Crippen LogP contribution in [-0.4, -0.2) is 34.9 Å². The Morgan fingerprint density at radius 1 is 1.32 bits per heavy atom. The van der Waals surface area contributed by atoms with E-state index < -0.39 is 11.7 Å². The van der Waals surface area contributed by atoms with Crippen molar-refractivity contribution in [2.24, 2.45) is 5.92 Å². The molecule has 1 fully saturated rings. The van der Waals surface area contributed by atoms with Crippen molar-refractivity contribution in [3.63, 3.8) is 0 Å². The number of aromatic nitrogens is 1.